The SMILES string of the molecule is CCCCCCCCCCCCCCCCCCc1cc(C2CCCCC2)c([O])c(C2CCCCC2)c1Oc1c(C)cc(C(C)(C)C)cc1C. The summed E-state index contributed by atoms with van der Waals surface area (Å²) in [5.74, 6) is 2.99. The summed E-state index contributed by atoms with van der Waals surface area (Å²) in [6, 6.07) is 6.97. The average molecular weight is 686 g/mol. The predicted molar refractivity (Wildman–Crippen MR) is 216 cm³/mol. The van der Waals surface area contributed by atoms with Gasteiger partial charge in [0.25, 0.3) is 0 Å². The van der Waals surface area contributed by atoms with Crippen LogP contribution in [0.25, 0.3) is 0 Å². The van der Waals surface area contributed by atoms with Crippen molar-refractivity contribution in [1.82, 2.24) is 0 Å². The first-order chi connectivity index (χ1) is 24.2. The molecule has 2 aliphatic rings. The van der Waals surface area contributed by atoms with E-state index in [2.05, 4.69) is 59.7 Å². The van der Waals surface area contributed by atoms with Crippen LogP contribution in [-0.2, 0) is 16.9 Å². The number of benzene rings is 2. The lowest BCUT2D eigenvalue weighted by atomic mass is 9.77. The van der Waals surface area contributed by atoms with E-state index in [-0.39, 0.29) is 5.41 Å². The van der Waals surface area contributed by atoms with E-state index in [0.717, 1.165) is 41.9 Å². The van der Waals surface area contributed by atoms with Gasteiger partial charge in [0, 0.05) is 11.1 Å². The lowest BCUT2D eigenvalue weighted by molar-refractivity contribution is 0.316. The van der Waals surface area contributed by atoms with Crippen LogP contribution in [0.15, 0.2) is 18.2 Å². The van der Waals surface area contributed by atoms with Crippen molar-refractivity contribution in [1.29, 1.82) is 0 Å². The zero-order valence-electron chi connectivity index (χ0n) is 33.8. The molecular formula is C48H77O2. The summed E-state index contributed by atoms with van der Waals surface area (Å²) in [6.07, 6.45) is 35.4. The van der Waals surface area contributed by atoms with Gasteiger partial charge in [-0.25, -0.2) is 0 Å². The smallest absolute Gasteiger partial charge is 0.189 e. The highest BCUT2D eigenvalue weighted by atomic mass is 16.5. The van der Waals surface area contributed by atoms with E-state index >= 15 is 0 Å². The molecule has 4 rings (SSSR count). The Balaban J connectivity index is 1.42. The maximum absolute atomic E-state index is 14.6. The van der Waals surface area contributed by atoms with Gasteiger partial charge >= 0.3 is 0 Å². The van der Waals surface area contributed by atoms with Gasteiger partial charge in [0.05, 0.1) is 0 Å². The second kappa shape index (κ2) is 21.5. The summed E-state index contributed by atoms with van der Waals surface area (Å²) in [5.41, 5.74) is 7.28. The second-order valence-electron chi connectivity index (χ2n) is 17.7. The molecule has 2 fully saturated rings. The average Bonchev–Trinajstić information content (AvgIpc) is 3.10. The summed E-state index contributed by atoms with van der Waals surface area (Å²) < 4.78 is 7.13. The lowest BCUT2D eigenvalue weighted by Gasteiger charge is -2.30. The van der Waals surface area contributed by atoms with E-state index in [4.69, 9.17) is 4.74 Å². The second-order valence-corrected chi connectivity index (χ2v) is 17.7. The summed E-state index contributed by atoms with van der Waals surface area (Å²) in [7, 11) is 0. The normalized spacial score (nSPS) is 16.3. The molecule has 2 saturated carbocycles. The fourth-order valence-electron chi connectivity index (χ4n) is 9.05. The third-order valence-electron chi connectivity index (χ3n) is 12.3. The molecule has 0 aliphatic heterocycles. The summed E-state index contributed by atoms with van der Waals surface area (Å²) in [6.45, 7) is 13.5. The number of unbranched alkanes of at least 4 members (excludes halogenated alkanes) is 15. The summed E-state index contributed by atoms with van der Waals surface area (Å²) in [5, 5.41) is 14.6. The van der Waals surface area contributed by atoms with Crippen LogP contribution in [0, 0.1) is 13.8 Å². The fourth-order valence-corrected chi connectivity index (χ4v) is 9.05. The Kier molecular flexibility index (Phi) is 17.6. The first kappa shape index (κ1) is 40.8. The van der Waals surface area contributed by atoms with E-state index in [1.54, 1.807) is 0 Å². The Bertz CT molecular complexity index is 1230. The largest absolute Gasteiger partial charge is 0.456 e. The molecule has 281 valence electrons. The minimum Gasteiger partial charge on any atom is -0.456 e. The number of hydrogen-bond acceptors (Lipinski definition) is 1. The van der Waals surface area contributed by atoms with Crippen LogP contribution in [0.3, 0.4) is 0 Å². The molecule has 0 bridgehead atoms. The van der Waals surface area contributed by atoms with Gasteiger partial charge in [-0.15, -0.1) is 0 Å². The van der Waals surface area contributed by atoms with E-state index in [0.29, 0.717) is 17.6 Å². The third-order valence-corrected chi connectivity index (χ3v) is 12.3. The first-order valence-electron chi connectivity index (χ1n) is 21.9. The molecule has 50 heavy (non-hydrogen) atoms. The van der Waals surface area contributed by atoms with Gasteiger partial charge in [-0.1, -0.05) is 175 Å². The van der Waals surface area contributed by atoms with Crippen LogP contribution in [0.5, 0.6) is 17.2 Å². The molecule has 0 atom stereocenters. The molecule has 0 aromatic heterocycles. The number of hydrogen-bond donors (Lipinski definition) is 0. The van der Waals surface area contributed by atoms with Crippen LogP contribution in [-0.4, -0.2) is 0 Å². The summed E-state index contributed by atoms with van der Waals surface area (Å²) >= 11 is 0. The van der Waals surface area contributed by atoms with Gasteiger partial charge < -0.3 is 4.74 Å². The number of rotatable bonds is 21. The minimum atomic E-state index is 0.0868. The molecule has 0 unspecified atom stereocenters. The van der Waals surface area contributed by atoms with Crippen molar-refractivity contribution in [2.24, 2.45) is 0 Å². The Morgan fingerprint density at radius 1 is 0.580 bits per heavy atom. The molecule has 2 aromatic rings. The molecule has 0 saturated heterocycles. The van der Waals surface area contributed by atoms with Gasteiger partial charge in [0.15, 0.2) is 5.75 Å². The predicted octanol–water partition coefficient (Wildman–Crippen LogP) is 16.4. The minimum absolute atomic E-state index is 0.0868. The Morgan fingerprint density at radius 3 is 1.48 bits per heavy atom. The molecule has 2 heteroatoms. The number of ether oxygens (including phenoxy) is 1. The van der Waals surface area contributed by atoms with Crippen LogP contribution >= 0.6 is 0 Å². The highest BCUT2D eigenvalue weighted by molar-refractivity contribution is 5.59. The molecule has 0 N–H and O–H groups in total. The van der Waals surface area contributed by atoms with Crippen molar-refractivity contribution in [3.63, 3.8) is 0 Å². The molecule has 2 nitrogen and oxygen atoms in total. The van der Waals surface area contributed by atoms with Gasteiger partial charge in [-0.2, -0.15) is 0 Å². The Hall–Kier alpha value is -1.96. The van der Waals surface area contributed by atoms with Crippen molar-refractivity contribution in [2.45, 2.75) is 232 Å². The third kappa shape index (κ3) is 12.6. The van der Waals surface area contributed by atoms with Crippen molar-refractivity contribution in [3.8, 4) is 17.2 Å². The van der Waals surface area contributed by atoms with Crippen LogP contribution in [0.1, 0.15) is 240 Å². The highest BCUT2D eigenvalue weighted by Gasteiger charge is 2.32. The van der Waals surface area contributed by atoms with E-state index in [1.807, 2.05) is 0 Å². The van der Waals surface area contributed by atoms with Crippen molar-refractivity contribution >= 4 is 0 Å². The number of aryl methyl sites for hydroxylation is 3. The van der Waals surface area contributed by atoms with Crippen molar-refractivity contribution in [2.75, 3.05) is 0 Å². The molecule has 0 heterocycles. The maximum Gasteiger partial charge on any atom is 0.189 e. The molecule has 1 radical (unpaired) electrons. The molecule has 0 amide bonds. The van der Waals surface area contributed by atoms with E-state index < -0.39 is 0 Å². The van der Waals surface area contributed by atoms with Gasteiger partial charge in [0.2, 0.25) is 0 Å². The van der Waals surface area contributed by atoms with Crippen molar-refractivity contribution in [3.05, 3.63) is 51.6 Å². The Morgan fingerprint density at radius 2 is 1.02 bits per heavy atom. The van der Waals surface area contributed by atoms with Crippen LogP contribution in [0.2, 0.25) is 0 Å². The first-order valence-corrected chi connectivity index (χ1v) is 21.9. The summed E-state index contributed by atoms with van der Waals surface area (Å²) in [4.78, 5) is 0. The van der Waals surface area contributed by atoms with Gasteiger partial charge in [-0.05, 0) is 97.9 Å². The Labute approximate surface area is 310 Å². The van der Waals surface area contributed by atoms with Gasteiger partial charge in [-0.3, -0.25) is 5.11 Å². The molecule has 2 aromatic carbocycles. The van der Waals surface area contributed by atoms with Crippen LogP contribution in [0.4, 0.5) is 0 Å². The zero-order chi connectivity index (χ0) is 35.8. The fraction of sp³-hybridized carbons (Fsp3) is 0.750. The van der Waals surface area contributed by atoms with Crippen molar-refractivity contribution < 1.29 is 9.84 Å². The molecular weight excluding hydrogens is 609 g/mol. The topological polar surface area (TPSA) is 29.1 Å². The quantitative estimate of drug-likeness (QED) is 0.120. The zero-order valence-corrected chi connectivity index (χ0v) is 33.8. The van der Waals surface area contributed by atoms with Gasteiger partial charge in [0.1, 0.15) is 11.5 Å². The standard InChI is InChI=1S/C48H77O2/c1-7-8-9-10-11-12-13-14-15-16-17-18-19-20-21-24-33-41-36-43(39-29-25-22-26-30-39)45(49)44(40-31-27-23-28-32-40)47(41)50-46-37(2)34-42(35-38(46)3)48(4,5)6/h34-36,39-40H,7-33H2,1-6H3. The van der Waals surface area contributed by atoms with E-state index in [1.165, 1.54) is 176 Å². The lowest BCUT2D eigenvalue weighted by Crippen LogP contribution is -2.13. The highest BCUT2D eigenvalue weighted by Crippen LogP contribution is 2.51. The van der Waals surface area contributed by atoms with E-state index in [9.17, 15) is 5.11 Å². The monoisotopic (exact) mass is 686 g/mol. The molecule has 0 spiro atoms. The maximum atomic E-state index is 14.6. The molecule has 2 aliphatic carbocycles. The van der Waals surface area contributed by atoms with Crippen LogP contribution < -0.4 is 4.74 Å².